The fourth-order valence-corrected chi connectivity index (χ4v) is 4.22. The van der Waals surface area contributed by atoms with Gasteiger partial charge in [0.05, 0.1) is 0 Å². The Balaban J connectivity index is 1.38. The zero-order valence-electron chi connectivity index (χ0n) is 19.3. The molecule has 0 aliphatic heterocycles. The first-order valence-electron chi connectivity index (χ1n) is 11.5. The molecule has 1 fully saturated rings. The molecule has 0 saturated heterocycles. The number of carbonyl (C=O) groups excluding carboxylic acids is 1. The van der Waals surface area contributed by atoms with E-state index in [4.69, 9.17) is 16.0 Å². The van der Waals surface area contributed by atoms with Crippen LogP contribution in [0.3, 0.4) is 0 Å². The molecule has 1 heterocycles. The van der Waals surface area contributed by atoms with E-state index in [1.165, 1.54) is 12.8 Å². The standard InChI is InChI=1S/C28H26ClN3O2/c1-18-3-8-24(27-31-30-19(2)34-27)15-26(18)22-9-11-23(12-10-22)28(33)32(16-20-4-5-20)17-21-6-13-25(29)14-7-21/h3,6-15,20H,4-5,16-17H2,1-2H3. The molecule has 1 aliphatic carbocycles. The number of aromatic nitrogens is 2. The highest BCUT2D eigenvalue weighted by Gasteiger charge is 2.27. The van der Waals surface area contributed by atoms with E-state index in [-0.39, 0.29) is 5.91 Å². The molecular weight excluding hydrogens is 446 g/mol. The molecule has 172 valence electrons. The zero-order valence-corrected chi connectivity index (χ0v) is 20.0. The highest BCUT2D eigenvalue weighted by Crippen LogP contribution is 2.32. The van der Waals surface area contributed by atoms with Gasteiger partial charge in [-0.25, -0.2) is 0 Å². The fourth-order valence-electron chi connectivity index (χ4n) is 4.10. The van der Waals surface area contributed by atoms with Gasteiger partial charge >= 0.3 is 0 Å². The predicted molar refractivity (Wildman–Crippen MR) is 134 cm³/mol. The number of hydrogen-bond donors (Lipinski definition) is 0. The molecule has 1 aliphatic rings. The second kappa shape index (κ2) is 9.43. The Morgan fingerprint density at radius 3 is 2.32 bits per heavy atom. The second-order valence-electron chi connectivity index (χ2n) is 8.99. The number of carbonyl (C=O) groups is 1. The van der Waals surface area contributed by atoms with Gasteiger partial charge in [0, 0.05) is 36.2 Å². The third-order valence-corrected chi connectivity index (χ3v) is 6.45. The van der Waals surface area contributed by atoms with Gasteiger partial charge in [-0.15, -0.1) is 10.2 Å². The van der Waals surface area contributed by atoms with Gasteiger partial charge in [0.15, 0.2) is 0 Å². The van der Waals surface area contributed by atoms with E-state index < -0.39 is 0 Å². The highest BCUT2D eigenvalue weighted by atomic mass is 35.5. The van der Waals surface area contributed by atoms with Crippen molar-refractivity contribution in [1.82, 2.24) is 15.1 Å². The minimum atomic E-state index is 0.0557. The molecule has 5 rings (SSSR count). The maximum atomic E-state index is 13.4. The SMILES string of the molecule is Cc1nnc(-c2ccc(C)c(-c3ccc(C(=O)N(Cc4ccc(Cl)cc4)CC4CC4)cc3)c2)o1. The Morgan fingerprint density at radius 2 is 1.68 bits per heavy atom. The number of hydrogen-bond acceptors (Lipinski definition) is 4. The van der Waals surface area contributed by atoms with Crippen LogP contribution < -0.4 is 0 Å². The van der Waals surface area contributed by atoms with Crippen molar-refractivity contribution in [2.45, 2.75) is 33.2 Å². The largest absolute Gasteiger partial charge is 0.421 e. The monoisotopic (exact) mass is 471 g/mol. The van der Waals surface area contributed by atoms with Crippen LogP contribution in [0.2, 0.25) is 5.02 Å². The van der Waals surface area contributed by atoms with Gasteiger partial charge in [-0.05, 0) is 84.3 Å². The van der Waals surface area contributed by atoms with E-state index in [1.54, 1.807) is 6.92 Å². The Bertz CT molecular complexity index is 1310. The van der Waals surface area contributed by atoms with Crippen LogP contribution in [0.25, 0.3) is 22.6 Å². The number of rotatable bonds is 7. The quantitative estimate of drug-likeness (QED) is 0.300. The summed E-state index contributed by atoms with van der Waals surface area (Å²) in [6.07, 6.45) is 2.39. The molecule has 0 spiro atoms. The maximum absolute atomic E-state index is 13.4. The summed E-state index contributed by atoms with van der Waals surface area (Å²) in [6, 6.07) is 21.7. The second-order valence-corrected chi connectivity index (χ2v) is 9.43. The van der Waals surface area contributed by atoms with Crippen molar-refractivity contribution in [2.24, 2.45) is 5.92 Å². The lowest BCUT2D eigenvalue weighted by Gasteiger charge is -2.23. The van der Waals surface area contributed by atoms with Gasteiger partial charge in [0.1, 0.15) is 0 Å². The zero-order chi connectivity index (χ0) is 23.7. The first-order valence-corrected chi connectivity index (χ1v) is 11.9. The van der Waals surface area contributed by atoms with Crippen LogP contribution in [0.1, 0.15) is 40.2 Å². The van der Waals surface area contributed by atoms with E-state index in [0.29, 0.717) is 34.8 Å². The van der Waals surface area contributed by atoms with E-state index in [2.05, 4.69) is 23.2 Å². The van der Waals surface area contributed by atoms with E-state index >= 15 is 0 Å². The molecule has 34 heavy (non-hydrogen) atoms. The molecule has 5 nitrogen and oxygen atoms in total. The summed E-state index contributed by atoms with van der Waals surface area (Å²) < 4.78 is 5.59. The van der Waals surface area contributed by atoms with Crippen molar-refractivity contribution >= 4 is 17.5 Å². The summed E-state index contributed by atoms with van der Waals surface area (Å²) in [4.78, 5) is 15.4. The molecule has 0 unspecified atom stereocenters. The van der Waals surface area contributed by atoms with Crippen molar-refractivity contribution in [3.05, 3.63) is 94.3 Å². The van der Waals surface area contributed by atoms with Crippen molar-refractivity contribution in [3.8, 4) is 22.6 Å². The topological polar surface area (TPSA) is 59.2 Å². The third-order valence-electron chi connectivity index (χ3n) is 6.20. The van der Waals surface area contributed by atoms with Gasteiger partial charge in [0.25, 0.3) is 5.91 Å². The minimum Gasteiger partial charge on any atom is -0.421 e. The van der Waals surface area contributed by atoms with Gasteiger partial charge in [0.2, 0.25) is 11.8 Å². The number of aryl methyl sites for hydroxylation is 2. The molecule has 1 aromatic heterocycles. The Labute approximate surface area is 204 Å². The van der Waals surface area contributed by atoms with Crippen LogP contribution in [-0.4, -0.2) is 27.5 Å². The van der Waals surface area contributed by atoms with Gasteiger partial charge in [-0.1, -0.05) is 41.9 Å². The van der Waals surface area contributed by atoms with E-state index in [1.807, 2.05) is 65.6 Å². The molecule has 1 saturated carbocycles. The molecule has 0 atom stereocenters. The molecule has 6 heteroatoms. The average Bonchev–Trinajstić information content (AvgIpc) is 3.57. The van der Waals surface area contributed by atoms with Crippen molar-refractivity contribution in [2.75, 3.05) is 6.54 Å². The lowest BCUT2D eigenvalue weighted by Crippen LogP contribution is -2.32. The Kier molecular flexibility index (Phi) is 6.20. The first-order chi connectivity index (χ1) is 16.5. The number of amides is 1. The van der Waals surface area contributed by atoms with Gasteiger partial charge < -0.3 is 9.32 Å². The van der Waals surface area contributed by atoms with Crippen LogP contribution in [0, 0.1) is 19.8 Å². The number of benzene rings is 3. The number of halogens is 1. The third kappa shape index (κ3) is 5.05. The molecule has 4 aromatic rings. The van der Waals surface area contributed by atoms with E-state index in [9.17, 15) is 4.79 Å². The molecule has 3 aromatic carbocycles. The normalized spacial score (nSPS) is 13.1. The van der Waals surface area contributed by atoms with Crippen molar-refractivity contribution < 1.29 is 9.21 Å². The van der Waals surface area contributed by atoms with Gasteiger partial charge in [-0.2, -0.15) is 0 Å². The molecule has 1 amide bonds. The average molecular weight is 472 g/mol. The molecular formula is C28H26ClN3O2. The van der Waals surface area contributed by atoms with Crippen LogP contribution >= 0.6 is 11.6 Å². The summed E-state index contributed by atoms with van der Waals surface area (Å²) in [5.41, 5.74) is 5.90. The fraction of sp³-hybridized carbons (Fsp3) is 0.250. The summed E-state index contributed by atoms with van der Waals surface area (Å²) >= 11 is 6.03. The first kappa shape index (κ1) is 22.4. The molecule has 0 bridgehead atoms. The molecule has 0 radical (unpaired) electrons. The van der Waals surface area contributed by atoms with Crippen molar-refractivity contribution in [3.63, 3.8) is 0 Å². The lowest BCUT2D eigenvalue weighted by atomic mass is 9.97. The lowest BCUT2D eigenvalue weighted by molar-refractivity contribution is 0.0735. The smallest absolute Gasteiger partial charge is 0.254 e. The maximum Gasteiger partial charge on any atom is 0.254 e. The summed E-state index contributed by atoms with van der Waals surface area (Å²) in [5, 5.41) is 8.76. The molecule has 0 N–H and O–H groups in total. The van der Waals surface area contributed by atoms with Crippen LogP contribution in [-0.2, 0) is 6.54 Å². The summed E-state index contributed by atoms with van der Waals surface area (Å²) in [5.74, 6) is 1.70. The highest BCUT2D eigenvalue weighted by molar-refractivity contribution is 6.30. The number of nitrogens with zero attached hydrogens (tertiary/aromatic N) is 3. The van der Waals surface area contributed by atoms with Gasteiger partial charge in [-0.3, -0.25) is 4.79 Å². The summed E-state index contributed by atoms with van der Waals surface area (Å²) in [6.45, 7) is 5.22. The van der Waals surface area contributed by atoms with Crippen LogP contribution in [0.5, 0.6) is 0 Å². The van der Waals surface area contributed by atoms with Crippen molar-refractivity contribution in [1.29, 1.82) is 0 Å². The Morgan fingerprint density at radius 1 is 0.971 bits per heavy atom. The van der Waals surface area contributed by atoms with E-state index in [0.717, 1.165) is 34.4 Å². The Hall–Kier alpha value is -3.44. The van der Waals surface area contributed by atoms with Crippen LogP contribution in [0.15, 0.2) is 71.1 Å². The van der Waals surface area contributed by atoms with Crippen LogP contribution in [0.4, 0.5) is 0 Å². The minimum absolute atomic E-state index is 0.0557. The predicted octanol–water partition coefficient (Wildman–Crippen LogP) is 6.73. The summed E-state index contributed by atoms with van der Waals surface area (Å²) in [7, 11) is 0.